The van der Waals surface area contributed by atoms with Crippen molar-refractivity contribution < 1.29 is 9.18 Å². The fourth-order valence-corrected chi connectivity index (χ4v) is 2.99. The first-order chi connectivity index (χ1) is 12.6. The van der Waals surface area contributed by atoms with E-state index in [4.69, 9.17) is 11.6 Å². The van der Waals surface area contributed by atoms with Gasteiger partial charge >= 0.3 is 5.69 Å². The van der Waals surface area contributed by atoms with Crippen LogP contribution in [0.25, 0.3) is 11.0 Å². The summed E-state index contributed by atoms with van der Waals surface area (Å²) in [6.07, 6.45) is 0. The topological polar surface area (TPSA) is 95.1 Å². The quantitative estimate of drug-likeness (QED) is 0.703. The molecule has 0 aliphatic rings. The number of carbonyl (C=O) groups is 1. The highest BCUT2D eigenvalue weighted by Crippen LogP contribution is 2.20. The zero-order chi connectivity index (χ0) is 20.0. The first-order valence-corrected chi connectivity index (χ1v) is 8.07. The number of carbonyl (C=O) groups excluding carboxylic acids is 1. The zero-order valence-corrected chi connectivity index (χ0v) is 15.3. The van der Waals surface area contributed by atoms with E-state index in [2.05, 4.69) is 5.32 Å². The van der Waals surface area contributed by atoms with Gasteiger partial charge < -0.3 is 5.32 Å². The number of amides is 1. The fraction of sp³-hybridized carbons (Fsp3) is 0.176. The van der Waals surface area contributed by atoms with Crippen molar-refractivity contribution in [1.82, 2.24) is 13.7 Å². The van der Waals surface area contributed by atoms with Gasteiger partial charge in [-0.05, 0) is 18.2 Å². The predicted molar refractivity (Wildman–Crippen MR) is 99.0 cm³/mol. The minimum Gasteiger partial charge on any atom is -0.322 e. The molecule has 0 fully saturated rings. The Balaban J connectivity index is 2.28. The lowest BCUT2D eigenvalue weighted by molar-refractivity contribution is 0.102. The standard InChI is InChI=1S/C17H14ClFN4O4/c1-21-12(24)7-9(13-15(21)22(2)17(27)23(3)16(13)26)14(25)20-8-4-5-11(19)10(18)6-8/h4-7H,1-3H3,(H,20,25). The highest BCUT2D eigenvalue weighted by Gasteiger charge is 2.21. The Hall–Kier alpha value is -3.20. The summed E-state index contributed by atoms with van der Waals surface area (Å²) in [4.78, 5) is 49.8. The molecule has 0 saturated heterocycles. The predicted octanol–water partition coefficient (Wildman–Crippen LogP) is 0.981. The minimum atomic E-state index is -0.767. The Bertz CT molecular complexity index is 1290. The number of nitrogens with one attached hydrogen (secondary N) is 1. The number of rotatable bonds is 2. The SMILES string of the molecule is Cn1c(=O)c2c(C(=O)Nc3ccc(F)c(Cl)c3)cc(=O)n(C)c2n(C)c1=O. The monoisotopic (exact) mass is 392 g/mol. The van der Waals surface area contributed by atoms with Crippen LogP contribution in [0.1, 0.15) is 10.4 Å². The Labute approximate surface area is 156 Å². The summed E-state index contributed by atoms with van der Waals surface area (Å²) in [5, 5.41) is 2.19. The Morgan fingerprint density at radius 3 is 2.33 bits per heavy atom. The van der Waals surface area contributed by atoms with Crippen LogP contribution in [0.3, 0.4) is 0 Å². The summed E-state index contributed by atoms with van der Waals surface area (Å²) >= 11 is 5.70. The molecule has 0 saturated carbocycles. The summed E-state index contributed by atoms with van der Waals surface area (Å²) in [6.45, 7) is 0. The molecule has 2 heterocycles. The number of aryl methyl sites for hydroxylation is 2. The molecule has 0 atom stereocenters. The van der Waals surface area contributed by atoms with Gasteiger partial charge in [-0.2, -0.15) is 0 Å². The molecule has 27 heavy (non-hydrogen) atoms. The third-order valence-corrected chi connectivity index (χ3v) is 4.53. The molecule has 8 nitrogen and oxygen atoms in total. The molecule has 1 amide bonds. The zero-order valence-electron chi connectivity index (χ0n) is 14.5. The number of halogens is 2. The van der Waals surface area contributed by atoms with E-state index >= 15 is 0 Å². The number of nitrogens with zero attached hydrogens (tertiary/aromatic N) is 3. The molecule has 10 heteroatoms. The number of benzene rings is 1. The number of fused-ring (bicyclic) bond motifs is 1. The Morgan fingerprint density at radius 2 is 1.70 bits per heavy atom. The van der Waals surface area contributed by atoms with Crippen LogP contribution in [0.2, 0.25) is 5.02 Å². The molecular formula is C17H14ClFN4O4. The van der Waals surface area contributed by atoms with Crippen molar-refractivity contribution in [2.45, 2.75) is 0 Å². The van der Waals surface area contributed by atoms with Crippen LogP contribution in [-0.4, -0.2) is 19.6 Å². The first-order valence-electron chi connectivity index (χ1n) is 7.69. The molecule has 0 bridgehead atoms. The van der Waals surface area contributed by atoms with Gasteiger partial charge in [-0.3, -0.25) is 28.1 Å². The van der Waals surface area contributed by atoms with E-state index in [9.17, 15) is 23.6 Å². The molecular weight excluding hydrogens is 379 g/mol. The smallest absolute Gasteiger partial charge is 0.322 e. The number of aromatic nitrogens is 3. The van der Waals surface area contributed by atoms with Gasteiger partial charge in [0.2, 0.25) is 0 Å². The van der Waals surface area contributed by atoms with E-state index in [-0.39, 0.29) is 27.3 Å². The van der Waals surface area contributed by atoms with E-state index < -0.39 is 28.5 Å². The lowest BCUT2D eigenvalue weighted by Crippen LogP contribution is -2.40. The van der Waals surface area contributed by atoms with E-state index in [0.29, 0.717) is 0 Å². The van der Waals surface area contributed by atoms with E-state index in [0.717, 1.165) is 25.8 Å². The number of hydrogen-bond acceptors (Lipinski definition) is 4. The summed E-state index contributed by atoms with van der Waals surface area (Å²) in [5.41, 5.74) is -1.94. The van der Waals surface area contributed by atoms with Gasteiger partial charge in [0.25, 0.3) is 17.0 Å². The second kappa shape index (κ2) is 6.51. The maximum absolute atomic E-state index is 13.3. The van der Waals surface area contributed by atoms with Crippen molar-refractivity contribution >= 4 is 34.2 Å². The highest BCUT2D eigenvalue weighted by atomic mass is 35.5. The molecule has 0 radical (unpaired) electrons. The van der Waals surface area contributed by atoms with Crippen molar-refractivity contribution in [3.05, 3.63) is 71.9 Å². The van der Waals surface area contributed by atoms with Crippen molar-refractivity contribution in [3.8, 4) is 0 Å². The molecule has 0 aliphatic carbocycles. The molecule has 1 aromatic carbocycles. The van der Waals surface area contributed by atoms with Crippen LogP contribution < -0.4 is 22.1 Å². The number of hydrogen-bond donors (Lipinski definition) is 1. The second-order valence-corrected chi connectivity index (χ2v) is 6.35. The van der Waals surface area contributed by atoms with Crippen LogP contribution in [0, 0.1) is 5.82 Å². The van der Waals surface area contributed by atoms with Gasteiger partial charge in [0.05, 0.1) is 16.0 Å². The summed E-state index contributed by atoms with van der Waals surface area (Å²) < 4.78 is 16.4. The van der Waals surface area contributed by atoms with E-state index in [1.165, 1.54) is 33.3 Å². The Kier molecular flexibility index (Phi) is 4.48. The van der Waals surface area contributed by atoms with Crippen molar-refractivity contribution in [2.75, 3.05) is 5.32 Å². The number of anilines is 1. The van der Waals surface area contributed by atoms with Crippen molar-refractivity contribution in [2.24, 2.45) is 21.1 Å². The molecule has 3 aromatic rings. The maximum Gasteiger partial charge on any atom is 0.332 e. The van der Waals surface area contributed by atoms with Gasteiger partial charge in [-0.1, -0.05) is 11.6 Å². The number of pyridine rings is 1. The fourth-order valence-electron chi connectivity index (χ4n) is 2.81. The van der Waals surface area contributed by atoms with Crippen LogP contribution in [-0.2, 0) is 21.1 Å². The van der Waals surface area contributed by atoms with Gasteiger partial charge in [-0.15, -0.1) is 0 Å². The normalized spacial score (nSPS) is 11.0. The average Bonchev–Trinajstić information content (AvgIpc) is 2.62. The lowest BCUT2D eigenvalue weighted by atomic mass is 10.1. The largest absolute Gasteiger partial charge is 0.332 e. The minimum absolute atomic E-state index is 0.0119. The van der Waals surface area contributed by atoms with Gasteiger partial charge in [-0.25, -0.2) is 9.18 Å². The van der Waals surface area contributed by atoms with Crippen LogP contribution in [0.4, 0.5) is 10.1 Å². The Morgan fingerprint density at radius 1 is 1.04 bits per heavy atom. The van der Waals surface area contributed by atoms with Crippen LogP contribution >= 0.6 is 11.6 Å². The van der Waals surface area contributed by atoms with Gasteiger partial charge in [0, 0.05) is 32.9 Å². The third-order valence-electron chi connectivity index (χ3n) is 4.24. The summed E-state index contributed by atoms with van der Waals surface area (Å²) in [5.74, 6) is -1.42. The molecule has 2 aromatic heterocycles. The molecule has 0 aliphatic heterocycles. The lowest BCUT2D eigenvalue weighted by Gasteiger charge is -2.14. The molecule has 140 valence electrons. The molecule has 3 rings (SSSR count). The van der Waals surface area contributed by atoms with Crippen LogP contribution in [0.5, 0.6) is 0 Å². The van der Waals surface area contributed by atoms with Crippen LogP contribution in [0.15, 0.2) is 38.6 Å². The third kappa shape index (κ3) is 2.95. The molecule has 0 spiro atoms. The average molecular weight is 393 g/mol. The van der Waals surface area contributed by atoms with Crippen molar-refractivity contribution in [3.63, 3.8) is 0 Å². The van der Waals surface area contributed by atoms with Gasteiger partial charge in [0.1, 0.15) is 11.5 Å². The first kappa shape index (κ1) is 18.6. The van der Waals surface area contributed by atoms with E-state index in [1.807, 2.05) is 0 Å². The maximum atomic E-state index is 13.3. The molecule has 0 unspecified atom stereocenters. The van der Waals surface area contributed by atoms with Crippen molar-refractivity contribution in [1.29, 1.82) is 0 Å². The summed E-state index contributed by atoms with van der Waals surface area (Å²) in [7, 11) is 4.06. The van der Waals surface area contributed by atoms with E-state index in [1.54, 1.807) is 0 Å². The highest BCUT2D eigenvalue weighted by molar-refractivity contribution is 6.31. The summed E-state index contributed by atoms with van der Waals surface area (Å²) in [6, 6.07) is 4.57. The molecule has 1 N–H and O–H groups in total. The van der Waals surface area contributed by atoms with Gasteiger partial charge in [0.15, 0.2) is 0 Å². The second-order valence-electron chi connectivity index (χ2n) is 5.94.